The van der Waals surface area contributed by atoms with Crippen molar-refractivity contribution in [3.05, 3.63) is 88.6 Å². The molecule has 0 atom stereocenters. The van der Waals surface area contributed by atoms with Crippen LogP contribution in [0.15, 0.2) is 71.7 Å². The fourth-order valence-corrected chi connectivity index (χ4v) is 5.65. The minimum Gasteiger partial charge on any atom is -0.361 e. The van der Waals surface area contributed by atoms with E-state index in [4.69, 9.17) is 4.98 Å². The quantitative estimate of drug-likeness (QED) is 0.411. The van der Waals surface area contributed by atoms with Crippen molar-refractivity contribution >= 4 is 32.5 Å². The van der Waals surface area contributed by atoms with Gasteiger partial charge in [-0.25, -0.2) is 4.98 Å². The number of nitrogens with zero attached hydrogens (tertiary/aromatic N) is 3. The molecule has 7 heteroatoms. The maximum absolute atomic E-state index is 12.8. The number of thiophene rings is 1. The van der Waals surface area contributed by atoms with E-state index in [1.165, 1.54) is 16.9 Å². The second-order valence-electron chi connectivity index (χ2n) is 8.62. The highest BCUT2D eigenvalue weighted by Gasteiger charge is 2.19. The van der Waals surface area contributed by atoms with Gasteiger partial charge in [-0.2, -0.15) is 0 Å². The van der Waals surface area contributed by atoms with Gasteiger partial charge in [0.1, 0.15) is 10.5 Å². The molecule has 1 aliphatic rings. The van der Waals surface area contributed by atoms with Gasteiger partial charge >= 0.3 is 0 Å². The standard InChI is InChI=1S/C26H25N5OS/c32-26-25-22(14-23(33-25)20-15-27-21-9-5-4-8-19(20)21)28-24(29-26)17-31-12-10-30(11-13-31)16-18-6-2-1-3-7-18/h1-9,14-15,27H,10-13,16-17H2,(H,28,29,32). The van der Waals surface area contributed by atoms with Crippen LogP contribution in [0.2, 0.25) is 0 Å². The zero-order valence-electron chi connectivity index (χ0n) is 18.3. The summed E-state index contributed by atoms with van der Waals surface area (Å²) in [5.41, 5.74) is 4.30. The molecule has 1 saturated heterocycles. The Balaban J connectivity index is 1.18. The fraction of sp³-hybridized carbons (Fsp3) is 0.231. The SMILES string of the molecule is O=c1[nH]c(CN2CCN(Cc3ccccc3)CC2)nc2cc(-c3c[nH]c4ccccc34)sc12. The van der Waals surface area contributed by atoms with Crippen molar-refractivity contribution in [1.29, 1.82) is 0 Å². The molecule has 0 bridgehead atoms. The second kappa shape index (κ2) is 8.59. The van der Waals surface area contributed by atoms with Crippen LogP contribution in [-0.4, -0.2) is 50.9 Å². The lowest BCUT2D eigenvalue weighted by atomic mass is 10.1. The van der Waals surface area contributed by atoms with Crippen molar-refractivity contribution < 1.29 is 0 Å². The summed E-state index contributed by atoms with van der Waals surface area (Å²) in [5.74, 6) is 0.743. The first-order chi connectivity index (χ1) is 16.2. The predicted octanol–water partition coefficient (Wildman–Crippen LogP) is 4.45. The normalized spacial score (nSPS) is 15.5. The first kappa shape index (κ1) is 20.4. The predicted molar refractivity (Wildman–Crippen MR) is 135 cm³/mol. The van der Waals surface area contributed by atoms with Crippen molar-refractivity contribution in [3.8, 4) is 10.4 Å². The number of fused-ring (bicyclic) bond motifs is 2. The Morgan fingerprint density at radius 3 is 2.45 bits per heavy atom. The number of piperazine rings is 1. The van der Waals surface area contributed by atoms with Crippen LogP contribution >= 0.6 is 11.3 Å². The Labute approximate surface area is 195 Å². The number of aromatic amines is 2. The Hall–Kier alpha value is -3.26. The minimum atomic E-state index is -0.0474. The van der Waals surface area contributed by atoms with E-state index in [-0.39, 0.29) is 5.56 Å². The third kappa shape index (κ3) is 4.11. The number of hydrogen-bond donors (Lipinski definition) is 2. The molecule has 0 aliphatic carbocycles. The first-order valence-electron chi connectivity index (χ1n) is 11.3. The number of rotatable bonds is 5. The monoisotopic (exact) mass is 455 g/mol. The molecule has 0 radical (unpaired) electrons. The molecular weight excluding hydrogens is 430 g/mol. The molecular formula is C26H25N5OS. The van der Waals surface area contributed by atoms with Gasteiger partial charge in [0.15, 0.2) is 0 Å². The Morgan fingerprint density at radius 2 is 1.64 bits per heavy atom. The van der Waals surface area contributed by atoms with E-state index in [2.05, 4.69) is 62.2 Å². The maximum Gasteiger partial charge on any atom is 0.268 e. The molecule has 1 aliphatic heterocycles. The highest BCUT2D eigenvalue weighted by atomic mass is 32.1. The summed E-state index contributed by atoms with van der Waals surface area (Å²) in [6.45, 7) is 5.64. The summed E-state index contributed by atoms with van der Waals surface area (Å²) in [5, 5.41) is 1.16. The number of benzene rings is 2. The molecule has 0 amide bonds. The van der Waals surface area contributed by atoms with Crippen molar-refractivity contribution in [2.24, 2.45) is 0 Å². The maximum atomic E-state index is 12.8. The van der Waals surface area contributed by atoms with Crippen LogP contribution in [0.1, 0.15) is 11.4 Å². The van der Waals surface area contributed by atoms with Crippen molar-refractivity contribution in [2.45, 2.75) is 13.1 Å². The van der Waals surface area contributed by atoms with Crippen molar-refractivity contribution in [1.82, 2.24) is 24.8 Å². The van der Waals surface area contributed by atoms with Crippen LogP contribution in [0.25, 0.3) is 31.6 Å². The van der Waals surface area contributed by atoms with Crippen LogP contribution < -0.4 is 5.56 Å². The van der Waals surface area contributed by atoms with E-state index >= 15 is 0 Å². The summed E-state index contributed by atoms with van der Waals surface area (Å²) in [4.78, 5) is 29.9. The number of para-hydroxylation sites is 1. The van der Waals surface area contributed by atoms with Gasteiger partial charge in [-0.3, -0.25) is 14.6 Å². The average Bonchev–Trinajstić information content (AvgIpc) is 3.45. The molecule has 6 rings (SSSR count). The van der Waals surface area contributed by atoms with Gasteiger partial charge in [-0.15, -0.1) is 11.3 Å². The third-order valence-electron chi connectivity index (χ3n) is 6.37. The number of H-pyrrole nitrogens is 2. The molecule has 5 aromatic rings. The minimum absolute atomic E-state index is 0.0474. The average molecular weight is 456 g/mol. The lowest BCUT2D eigenvalue weighted by Crippen LogP contribution is -2.45. The molecule has 4 heterocycles. The molecule has 2 aromatic carbocycles. The molecule has 3 aromatic heterocycles. The van der Waals surface area contributed by atoms with Crippen molar-refractivity contribution in [3.63, 3.8) is 0 Å². The van der Waals surface area contributed by atoms with E-state index in [9.17, 15) is 4.79 Å². The van der Waals surface area contributed by atoms with Crippen LogP contribution in [0.3, 0.4) is 0 Å². The van der Waals surface area contributed by atoms with Gasteiger partial charge in [0.05, 0.1) is 12.1 Å². The summed E-state index contributed by atoms with van der Waals surface area (Å²) in [6.07, 6.45) is 2.01. The lowest BCUT2D eigenvalue weighted by Gasteiger charge is -2.34. The van der Waals surface area contributed by atoms with Gasteiger partial charge in [-0.1, -0.05) is 48.5 Å². The van der Waals surface area contributed by atoms with Gasteiger partial charge < -0.3 is 9.97 Å². The molecule has 166 valence electrons. The summed E-state index contributed by atoms with van der Waals surface area (Å²) >= 11 is 1.51. The fourth-order valence-electron chi connectivity index (χ4n) is 4.63. The largest absolute Gasteiger partial charge is 0.361 e. The van der Waals surface area contributed by atoms with E-state index in [0.29, 0.717) is 11.2 Å². The molecule has 33 heavy (non-hydrogen) atoms. The van der Waals surface area contributed by atoms with Gasteiger partial charge in [0, 0.05) is 60.3 Å². The highest BCUT2D eigenvalue weighted by molar-refractivity contribution is 7.22. The van der Waals surface area contributed by atoms with Crippen molar-refractivity contribution in [2.75, 3.05) is 26.2 Å². The Morgan fingerprint density at radius 1 is 0.909 bits per heavy atom. The number of hydrogen-bond acceptors (Lipinski definition) is 5. The van der Waals surface area contributed by atoms with Crippen LogP contribution in [0, 0.1) is 0 Å². The second-order valence-corrected chi connectivity index (χ2v) is 9.68. The third-order valence-corrected chi connectivity index (χ3v) is 7.53. The molecule has 0 unspecified atom stereocenters. The summed E-state index contributed by atoms with van der Waals surface area (Å²) in [7, 11) is 0. The van der Waals surface area contributed by atoms with E-state index in [1.807, 2.05) is 24.4 Å². The molecule has 0 spiro atoms. The first-order valence-corrected chi connectivity index (χ1v) is 12.1. The number of aromatic nitrogens is 3. The zero-order valence-corrected chi connectivity index (χ0v) is 19.1. The van der Waals surface area contributed by atoms with Gasteiger partial charge in [0.25, 0.3) is 5.56 Å². The molecule has 1 fully saturated rings. The zero-order chi connectivity index (χ0) is 22.2. The summed E-state index contributed by atoms with van der Waals surface area (Å²) < 4.78 is 0.687. The topological polar surface area (TPSA) is 68.0 Å². The van der Waals surface area contributed by atoms with E-state index in [0.717, 1.165) is 65.4 Å². The van der Waals surface area contributed by atoms with Crippen LogP contribution in [-0.2, 0) is 13.1 Å². The molecule has 6 nitrogen and oxygen atoms in total. The van der Waals surface area contributed by atoms with Gasteiger partial charge in [-0.05, 0) is 17.7 Å². The highest BCUT2D eigenvalue weighted by Crippen LogP contribution is 2.35. The van der Waals surface area contributed by atoms with Crippen LogP contribution in [0.4, 0.5) is 0 Å². The molecule has 0 saturated carbocycles. The van der Waals surface area contributed by atoms with E-state index < -0.39 is 0 Å². The van der Waals surface area contributed by atoms with Crippen LogP contribution in [0.5, 0.6) is 0 Å². The van der Waals surface area contributed by atoms with E-state index in [1.54, 1.807) is 0 Å². The smallest absolute Gasteiger partial charge is 0.268 e. The molecule has 2 N–H and O–H groups in total. The lowest BCUT2D eigenvalue weighted by molar-refractivity contribution is 0.120. The summed E-state index contributed by atoms with van der Waals surface area (Å²) in [6, 6.07) is 20.9. The Bertz CT molecular complexity index is 1460. The van der Waals surface area contributed by atoms with Gasteiger partial charge in [0.2, 0.25) is 0 Å². The Kier molecular flexibility index (Phi) is 5.30. The number of nitrogens with one attached hydrogen (secondary N) is 2.